The predicted molar refractivity (Wildman–Crippen MR) is 108 cm³/mol. The van der Waals surface area contributed by atoms with Crippen LogP contribution in [-0.2, 0) is 4.79 Å². The van der Waals surface area contributed by atoms with E-state index in [0.717, 1.165) is 55.4 Å². The minimum atomic E-state index is -0.199. The van der Waals surface area contributed by atoms with Gasteiger partial charge in [0.1, 0.15) is 6.04 Å². The summed E-state index contributed by atoms with van der Waals surface area (Å²) in [6.07, 6.45) is 5.81. The van der Waals surface area contributed by atoms with Crippen LogP contribution in [0.4, 0.5) is 5.69 Å². The largest absolute Gasteiger partial charge is 0.382 e. The number of fused-ring (bicyclic) bond motifs is 2. The van der Waals surface area contributed by atoms with Crippen LogP contribution in [0.1, 0.15) is 25.7 Å². The molecule has 144 valence electrons. The number of nitriles is 1. The number of hydrogen-bond acceptors (Lipinski definition) is 5. The maximum atomic E-state index is 12.7. The summed E-state index contributed by atoms with van der Waals surface area (Å²) in [7, 11) is 0. The third kappa shape index (κ3) is 3.20. The maximum Gasteiger partial charge on any atom is 0.238 e. The molecule has 6 nitrogen and oxygen atoms in total. The first-order chi connectivity index (χ1) is 13.7. The summed E-state index contributed by atoms with van der Waals surface area (Å²) in [5, 5.41) is 14.1. The van der Waals surface area contributed by atoms with Crippen LogP contribution in [-0.4, -0.2) is 58.5 Å². The van der Waals surface area contributed by atoms with Gasteiger partial charge in [0.2, 0.25) is 5.91 Å². The van der Waals surface area contributed by atoms with Crippen molar-refractivity contribution in [3.63, 3.8) is 0 Å². The van der Waals surface area contributed by atoms with Gasteiger partial charge in [0.15, 0.2) is 0 Å². The molecule has 1 aromatic carbocycles. The van der Waals surface area contributed by atoms with Gasteiger partial charge in [-0.15, -0.1) is 0 Å². The molecular formula is C22H25N5O. The van der Waals surface area contributed by atoms with Gasteiger partial charge >= 0.3 is 0 Å². The van der Waals surface area contributed by atoms with Crippen molar-refractivity contribution in [1.29, 1.82) is 5.26 Å². The van der Waals surface area contributed by atoms with Gasteiger partial charge in [-0.25, -0.2) is 0 Å². The number of nitrogens with zero attached hydrogens (tertiary/aromatic N) is 4. The van der Waals surface area contributed by atoms with Crippen LogP contribution in [0.25, 0.3) is 10.9 Å². The first-order valence-corrected chi connectivity index (χ1v) is 10.3. The van der Waals surface area contributed by atoms with Crippen molar-refractivity contribution in [3.05, 3.63) is 36.5 Å². The molecule has 3 heterocycles. The zero-order valence-corrected chi connectivity index (χ0v) is 15.9. The molecule has 1 aromatic heterocycles. The molecule has 3 atom stereocenters. The molecule has 1 amide bonds. The van der Waals surface area contributed by atoms with Crippen molar-refractivity contribution in [1.82, 2.24) is 14.8 Å². The van der Waals surface area contributed by atoms with Gasteiger partial charge in [0, 0.05) is 42.4 Å². The fraction of sp³-hybridized carbons (Fsp3) is 0.500. The van der Waals surface area contributed by atoms with Gasteiger partial charge < -0.3 is 10.2 Å². The summed E-state index contributed by atoms with van der Waals surface area (Å²) >= 11 is 0. The normalized spacial score (nSPS) is 27.4. The fourth-order valence-corrected chi connectivity index (χ4v) is 4.89. The Balaban J connectivity index is 1.17. The summed E-state index contributed by atoms with van der Waals surface area (Å²) in [5.74, 6) is 0.724. The molecule has 28 heavy (non-hydrogen) atoms. The van der Waals surface area contributed by atoms with Crippen molar-refractivity contribution < 1.29 is 4.79 Å². The second-order valence-electron chi connectivity index (χ2n) is 8.32. The molecule has 0 spiro atoms. The van der Waals surface area contributed by atoms with Crippen LogP contribution in [0, 0.1) is 17.2 Å². The van der Waals surface area contributed by atoms with E-state index < -0.39 is 0 Å². The van der Waals surface area contributed by atoms with Crippen molar-refractivity contribution >= 4 is 22.5 Å². The van der Waals surface area contributed by atoms with Crippen molar-refractivity contribution in [2.45, 2.75) is 43.8 Å². The Bertz CT molecular complexity index is 925. The Morgan fingerprint density at radius 2 is 2.07 bits per heavy atom. The number of carbonyl (C=O) groups is 1. The average molecular weight is 375 g/mol. The van der Waals surface area contributed by atoms with Gasteiger partial charge in [-0.2, -0.15) is 5.26 Å². The number of carbonyl (C=O) groups excluding carboxylic acids is 1. The molecule has 0 bridgehead atoms. The van der Waals surface area contributed by atoms with Gasteiger partial charge in [-0.3, -0.25) is 14.7 Å². The maximum absolute atomic E-state index is 12.7. The van der Waals surface area contributed by atoms with Crippen LogP contribution in [0.15, 0.2) is 36.5 Å². The average Bonchev–Trinajstić information content (AvgIpc) is 3.39. The number of amides is 1. The summed E-state index contributed by atoms with van der Waals surface area (Å²) < 4.78 is 0. The number of hydrogen-bond donors (Lipinski definition) is 1. The molecule has 2 aliphatic heterocycles. The molecule has 1 N–H and O–H groups in total. The number of rotatable bonds is 4. The fourth-order valence-electron chi connectivity index (χ4n) is 4.89. The second kappa shape index (κ2) is 7.06. The number of pyridine rings is 1. The summed E-state index contributed by atoms with van der Waals surface area (Å²) in [6, 6.07) is 13.1. The molecule has 2 saturated heterocycles. The number of aromatic nitrogens is 1. The van der Waals surface area contributed by atoms with E-state index in [1.165, 1.54) is 0 Å². The van der Waals surface area contributed by atoms with Crippen molar-refractivity contribution in [2.75, 3.05) is 25.0 Å². The number of likely N-dealkylation sites (tertiary alicyclic amines) is 2. The van der Waals surface area contributed by atoms with E-state index in [2.05, 4.69) is 33.4 Å². The van der Waals surface area contributed by atoms with Gasteiger partial charge in [0.25, 0.3) is 0 Å². The molecule has 3 aliphatic rings. The van der Waals surface area contributed by atoms with Gasteiger partial charge in [-0.1, -0.05) is 6.07 Å². The highest BCUT2D eigenvalue weighted by Gasteiger charge is 2.54. The Hall–Kier alpha value is -2.65. The van der Waals surface area contributed by atoms with Crippen molar-refractivity contribution in [2.24, 2.45) is 5.92 Å². The lowest BCUT2D eigenvalue weighted by Gasteiger charge is -2.34. The topological polar surface area (TPSA) is 72.3 Å². The van der Waals surface area contributed by atoms with Crippen LogP contribution in [0.3, 0.4) is 0 Å². The Morgan fingerprint density at radius 3 is 2.89 bits per heavy atom. The minimum Gasteiger partial charge on any atom is -0.382 e. The Kier molecular flexibility index (Phi) is 4.40. The molecule has 1 unspecified atom stereocenters. The number of benzene rings is 1. The molecule has 1 saturated carbocycles. The highest BCUT2D eigenvalue weighted by molar-refractivity contribution is 5.91. The predicted octanol–water partition coefficient (Wildman–Crippen LogP) is 2.62. The molecule has 1 aliphatic carbocycles. The molecule has 5 rings (SSSR count). The lowest BCUT2D eigenvalue weighted by molar-refractivity contribution is -0.133. The lowest BCUT2D eigenvalue weighted by Crippen LogP contribution is -2.47. The van der Waals surface area contributed by atoms with E-state index in [0.29, 0.717) is 24.5 Å². The van der Waals surface area contributed by atoms with Crippen LogP contribution < -0.4 is 5.32 Å². The van der Waals surface area contributed by atoms with E-state index in [-0.39, 0.29) is 11.9 Å². The van der Waals surface area contributed by atoms with E-state index in [4.69, 9.17) is 0 Å². The van der Waals surface area contributed by atoms with E-state index >= 15 is 0 Å². The monoisotopic (exact) mass is 375 g/mol. The highest BCUT2D eigenvalue weighted by atomic mass is 16.2. The molecule has 2 aromatic rings. The quantitative estimate of drug-likeness (QED) is 0.889. The standard InChI is InChI=1S/C22H25N5O/c23-13-17-11-15-12-21(15)27(17)22(28)14-26-9-6-16(7-10-26)25-20-5-1-4-19-18(20)3-2-8-24-19/h1-5,8,15-17,21,25H,6-7,9-12,14H2/t15-,17+,21?/m1/s1. The first kappa shape index (κ1) is 17.4. The molecule has 6 heteroatoms. The van der Waals surface area contributed by atoms with E-state index in [1.54, 1.807) is 0 Å². The molecule has 3 fully saturated rings. The Morgan fingerprint density at radius 1 is 1.21 bits per heavy atom. The molecule has 0 radical (unpaired) electrons. The van der Waals surface area contributed by atoms with E-state index in [9.17, 15) is 10.1 Å². The van der Waals surface area contributed by atoms with Gasteiger partial charge in [-0.05, 0) is 55.9 Å². The first-order valence-electron chi connectivity index (χ1n) is 10.3. The summed E-state index contributed by atoms with van der Waals surface area (Å²) in [5.41, 5.74) is 2.14. The van der Waals surface area contributed by atoms with Crippen molar-refractivity contribution in [3.8, 4) is 6.07 Å². The second-order valence-corrected chi connectivity index (χ2v) is 8.32. The van der Waals surface area contributed by atoms with Crippen LogP contribution in [0.2, 0.25) is 0 Å². The minimum absolute atomic E-state index is 0.142. The smallest absolute Gasteiger partial charge is 0.238 e. The summed E-state index contributed by atoms with van der Waals surface area (Å²) in [6.45, 7) is 2.27. The third-order valence-electron chi connectivity index (χ3n) is 6.49. The van der Waals surface area contributed by atoms with Gasteiger partial charge in [0.05, 0.1) is 18.1 Å². The number of piperidine rings is 2. The number of nitrogens with one attached hydrogen (secondary N) is 1. The zero-order chi connectivity index (χ0) is 19.1. The summed E-state index contributed by atoms with van der Waals surface area (Å²) in [4.78, 5) is 21.3. The van der Waals surface area contributed by atoms with Crippen LogP contribution >= 0.6 is 0 Å². The molecular weight excluding hydrogens is 350 g/mol. The Labute approximate surface area is 165 Å². The SMILES string of the molecule is N#C[C@@H]1C[C@@H]2CC2N1C(=O)CN1CCC(Nc2cccc3ncccc23)CC1. The lowest BCUT2D eigenvalue weighted by atomic mass is 10.0. The van der Waals surface area contributed by atoms with Crippen LogP contribution in [0.5, 0.6) is 0 Å². The number of anilines is 1. The zero-order valence-electron chi connectivity index (χ0n) is 15.9. The third-order valence-corrected chi connectivity index (χ3v) is 6.49. The highest BCUT2D eigenvalue weighted by Crippen LogP contribution is 2.47. The van der Waals surface area contributed by atoms with E-state index in [1.807, 2.05) is 29.3 Å².